The minimum atomic E-state index is 0.404. The van der Waals surface area contributed by atoms with Crippen LogP contribution in [0.5, 0.6) is 5.75 Å². The van der Waals surface area contributed by atoms with Gasteiger partial charge in [-0.3, -0.25) is 0 Å². The van der Waals surface area contributed by atoms with E-state index in [0.717, 1.165) is 52.2 Å². The van der Waals surface area contributed by atoms with Crippen LogP contribution < -0.4 is 20.4 Å². The molecular weight excluding hydrogens is 456 g/mol. The average Bonchev–Trinajstić information content (AvgIpc) is 3.32. The number of phenols is 1. The number of rotatable bonds is 2. The first-order chi connectivity index (χ1) is 18.2. The van der Waals surface area contributed by atoms with Crippen molar-refractivity contribution in [1.82, 2.24) is 10.6 Å². The Labute approximate surface area is 222 Å². The summed E-state index contributed by atoms with van der Waals surface area (Å²) < 4.78 is 0. The van der Waals surface area contributed by atoms with Crippen molar-refractivity contribution in [1.29, 1.82) is 0 Å². The minimum absolute atomic E-state index is 0.404. The maximum atomic E-state index is 9.68. The molecule has 3 aromatic rings. The van der Waals surface area contributed by atoms with Gasteiger partial charge in [-0.05, 0) is 58.4 Å². The molecule has 0 amide bonds. The first-order valence-corrected chi connectivity index (χ1v) is 14.1. The van der Waals surface area contributed by atoms with E-state index < -0.39 is 0 Å². The van der Waals surface area contributed by atoms with E-state index in [9.17, 15) is 5.11 Å². The summed E-state index contributed by atoms with van der Waals surface area (Å²) in [7, 11) is 0. The van der Waals surface area contributed by atoms with Crippen molar-refractivity contribution in [3.8, 4) is 5.75 Å². The van der Waals surface area contributed by atoms with E-state index in [4.69, 9.17) is 0 Å². The molecule has 0 aromatic heterocycles. The highest BCUT2D eigenvalue weighted by Crippen LogP contribution is 2.41. The van der Waals surface area contributed by atoms with Gasteiger partial charge in [-0.25, -0.2) is 0 Å². The fourth-order valence-electron chi connectivity index (χ4n) is 6.30. The first-order valence-electron chi connectivity index (χ1n) is 14.1. The Bertz CT molecular complexity index is 1210. The highest BCUT2D eigenvalue weighted by molar-refractivity contribution is 5.68. The van der Waals surface area contributed by atoms with Gasteiger partial charge >= 0.3 is 0 Å². The van der Waals surface area contributed by atoms with Gasteiger partial charge in [0.2, 0.25) is 0 Å². The number of hydrogen-bond acceptors (Lipinski definition) is 5. The van der Waals surface area contributed by atoms with E-state index in [1.165, 1.54) is 52.2 Å². The summed E-state index contributed by atoms with van der Waals surface area (Å²) in [6, 6.07) is 19.3. The third-order valence-electron chi connectivity index (χ3n) is 7.94. The van der Waals surface area contributed by atoms with Crippen LogP contribution in [0.3, 0.4) is 0 Å². The van der Waals surface area contributed by atoms with E-state index in [1.807, 2.05) is 26.0 Å². The predicted octanol–water partition coefficient (Wildman–Crippen LogP) is 5.19. The zero-order valence-electron chi connectivity index (χ0n) is 22.7. The van der Waals surface area contributed by atoms with Crippen LogP contribution >= 0.6 is 0 Å². The lowest BCUT2D eigenvalue weighted by molar-refractivity contribution is 0.473. The van der Waals surface area contributed by atoms with E-state index >= 15 is 0 Å². The largest absolute Gasteiger partial charge is 0.508 e. The Morgan fingerprint density at radius 1 is 0.838 bits per heavy atom. The molecule has 3 aromatic carbocycles. The van der Waals surface area contributed by atoms with Gasteiger partial charge in [0, 0.05) is 69.7 Å². The topological polar surface area (TPSA) is 50.8 Å². The number of nitrogens with one attached hydrogen (secondary N) is 2. The molecule has 1 unspecified atom stereocenters. The molecule has 1 atom stereocenters. The molecule has 0 aliphatic carbocycles. The zero-order valence-corrected chi connectivity index (χ0v) is 22.7. The summed E-state index contributed by atoms with van der Waals surface area (Å²) >= 11 is 0. The van der Waals surface area contributed by atoms with Gasteiger partial charge in [-0.2, -0.15) is 0 Å². The third-order valence-corrected chi connectivity index (χ3v) is 7.94. The smallest absolute Gasteiger partial charge is 0.116 e. The number of aromatic hydroxyl groups is 1. The van der Waals surface area contributed by atoms with Gasteiger partial charge in [0.15, 0.2) is 0 Å². The van der Waals surface area contributed by atoms with Crippen molar-refractivity contribution in [3.05, 3.63) is 88.0 Å². The van der Waals surface area contributed by atoms with E-state index in [0.29, 0.717) is 11.7 Å². The lowest BCUT2D eigenvalue weighted by Gasteiger charge is -2.19. The number of nitrogens with zero attached hydrogens (tertiary/aromatic N) is 2. The molecule has 4 heterocycles. The summed E-state index contributed by atoms with van der Waals surface area (Å²) in [5, 5.41) is 16.6. The van der Waals surface area contributed by atoms with Crippen LogP contribution in [0.1, 0.15) is 60.1 Å². The molecule has 37 heavy (non-hydrogen) atoms. The normalized spacial score (nSPS) is 18.9. The lowest BCUT2D eigenvalue weighted by atomic mass is 9.95. The van der Waals surface area contributed by atoms with Crippen molar-refractivity contribution >= 4 is 11.4 Å². The van der Waals surface area contributed by atoms with Crippen molar-refractivity contribution in [2.75, 3.05) is 49.1 Å². The maximum Gasteiger partial charge on any atom is 0.116 e. The van der Waals surface area contributed by atoms with Gasteiger partial charge in [0.25, 0.3) is 0 Å². The summed E-state index contributed by atoms with van der Waals surface area (Å²) in [5.41, 5.74) is 11.4. The number of benzene rings is 3. The summed E-state index contributed by atoms with van der Waals surface area (Å²) in [4.78, 5) is 5.01. The third kappa shape index (κ3) is 5.34. The molecular formula is C32H42N4O. The standard InChI is InChI=1S/C18H20N2.C12H16N2O.C2H6/c1-2-4-14(5-3-1)12-15-6-7-16-13-19-9-11-20-10-8-17(15)18(16)20;1-8-7-14-3-2-13-6-9-4-10(15)5-11(8)12(9)14;1-2/h1-7,19H,8-13H2;4-5,8,13,15H,2-3,6-7H2,1H3;1-2H3. The quantitative estimate of drug-likeness (QED) is 0.454. The Balaban J connectivity index is 0.000000147. The Morgan fingerprint density at radius 3 is 2.35 bits per heavy atom. The SMILES string of the molecule is CC.CC1CN2CCNCc3cc(O)cc1c32.c1ccc(Cc2ccc3c4c2CCN4CCNC3)cc1. The van der Waals surface area contributed by atoms with Crippen LogP contribution in [0.2, 0.25) is 0 Å². The summed E-state index contributed by atoms with van der Waals surface area (Å²) in [6.07, 6.45) is 2.27. The van der Waals surface area contributed by atoms with E-state index in [1.54, 1.807) is 5.56 Å². The van der Waals surface area contributed by atoms with Crippen LogP contribution in [0.4, 0.5) is 11.4 Å². The molecule has 7 rings (SSSR count). The molecule has 0 fully saturated rings. The monoisotopic (exact) mass is 498 g/mol. The van der Waals surface area contributed by atoms with Crippen molar-refractivity contribution < 1.29 is 5.11 Å². The Kier molecular flexibility index (Phi) is 8.02. The second-order valence-electron chi connectivity index (χ2n) is 10.4. The number of anilines is 2. The van der Waals surface area contributed by atoms with Crippen LogP contribution in [0.15, 0.2) is 54.6 Å². The second kappa shape index (κ2) is 11.6. The van der Waals surface area contributed by atoms with Crippen molar-refractivity contribution in [2.45, 2.75) is 52.6 Å². The minimum Gasteiger partial charge on any atom is -0.508 e. The van der Waals surface area contributed by atoms with Gasteiger partial charge in [-0.15, -0.1) is 0 Å². The highest BCUT2D eigenvalue weighted by atomic mass is 16.3. The Hall–Kier alpha value is -3.02. The van der Waals surface area contributed by atoms with Crippen LogP contribution in [0.25, 0.3) is 0 Å². The molecule has 0 bridgehead atoms. The van der Waals surface area contributed by atoms with Crippen molar-refractivity contribution in [2.24, 2.45) is 0 Å². The van der Waals surface area contributed by atoms with Crippen molar-refractivity contribution in [3.63, 3.8) is 0 Å². The fourth-order valence-corrected chi connectivity index (χ4v) is 6.30. The summed E-state index contributed by atoms with van der Waals surface area (Å²) in [5.74, 6) is 0.949. The fraction of sp³-hybridized carbons (Fsp3) is 0.438. The molecule has 0 spiro atoms. The predicted molar refractivity (Wildman–Crippen MR) is 155 cm³/mol. The number of phenolic OH excluding ortho intramolecular Hbond substituents is 1. The van der Waals surface area contributed by atoms with Gasteiger partial charge in [-0.1, -0.05) is 63.2 Å². The number of hydrogen-bond donors (Lipinski definition) is 3. The molecule has 5 nitrogen and oxygen atoms in total. The molecule has 4 aliphatic heterocycles. The van der Waals surface area contributed by atoms with Gasteiger partial charge in [0.05, 0.1) is 0 Å². The summed E-state index contributed by atoms with van der Waals surface area (Å²) in [6.45, 7) is 14.8. The lowest BCUT2D eigenvalue weighted by Crippen LogP contribution is -2.27. The van der Waals surface area contributed by atoms with Crippen LogP contribution in [-0.4, -0.2) is 44.4 Å². The van der Waals surface area contributed by atoms with Gasteiger partial charge < -0.3 is 25.5 Å². The molecule has 3 N–H and O–H groups in total. The molecule has 196 valence electrons. The second-order valence-corrected chi connectivity index (χ2v) is 10.4. The molecule has 4 aliphatic rings. The molecule has 0 saturated heterocycles. The molecule has 5 heteroatoms. The van der Waals surface area contributed by atoms with Gasteiger partial charge in [0.1, 0.15) is 5.75 Å². The van der Waals surface area contributed by atoms with Crippen LogP contribution in [-0.2, 0) is 25.9 Å². The molecule has 0 radical (unpaired) electrons. The average molecular weight is 499 g/mol. The zero-order chi connectivity index (χ0) is 25.8. The van der Waals surface area contributed by atoms with Crippen LogP contribution in [0, 0.1) is 0 Å². The molecule has 0 saturated carbocycles. The Morgan fingerprint density at radius 2 is 1.57 bits per heavy atom. The van der Waals surface area contributed by atoms with E-state index in [2.05, 4.69) is 69.8 Å². The van der Waals surface area contributed by atoms with E-state index in [-0.39, 0.29) is 0 Å². The highest BCUT2D eigenvalue weighted by Gasteiger charge is 2.29. The maximum absolute atomic E-state index is 9.68. The first kappa shape index (κ1) is 25.6.